The summed E-state index contributed by atoms with van der Waals surface area (Å²) in [4.78, 5) is 28.7. The molecule has 3 heterocycles. The van der Waals surface area contributed by atoms with Gasteiger partial charge in [0, 0.05) is 17.0 Å². The lowest BCUT2D eigenvalue weighted by Gasteiger charge is -2.38. The second kappa shape index (κ2) is 8.31. The molecule has 1 amide bonds. The maximum Gasteiger partial charge on any atom is 0.339 e. The number of fused-ring (bicyclic) bond motifs is 2. The molecule has 0 radical (unpaired) electrons. The van der Waals surface area contributed by atoms with Crippen LogP contribution in [0.1, 0.15) is 50.5 Å². The Morgan fingerprint density at radius 2 is 1.88 bits per heavy atom. The molecule has 0 saturated heterocycles. The van der Waals surface area contributed by atoms with Gasteiger partial charge in [-0.25, -0.2) is 4.79 Å². The molecule has 164 valence electrons. The van der Waals surface area contributed by atoms with Gasteiger partial charge in [0.2, 0.25) is 5.91 Å². The lowest BCUT2D eigenvalue weighted by atomic mass is 9.90. The van der Waals surface area contributed by atoms with Gasteiger partial charge in [-0.2, -0.15) is 0 Å². The van der Waals surface area contributed by atoms with Gasteiger partial charge in [0.15, 0.2) is 11.5 Å². The van der Waals surface area contributed by atoms with Crippen LogP contribution < -0.4 is 9.47 Å². The van der Waals surface area contributed by atoms with Crippen molar-refractivity contribution in [1.82, 2.24) is 4.90 Å². The number of carbonyl (C=O) groups is 2. The Morgan fingerprint density at radius 3 is 2.62 bits per heavy atom. The molecule has 2 aliphatic rings. The summed E-state index contributed by atoms with van der Waals surface area (Å²) in [6.07, 6.45) is 0.277. The number of carbonyl (C=O) groups excluding carboxylic acids is 2. The lowest BCUT2D eigenvalue weighted by molar-refractivity contribution is -0.135. The van der Waals surface area contributed by atoms with E-state index in [9.17, 15) is 9.59 Å². The molecule has 2 aromatic carbocycles. The molecule has 32 heavy (non-hydrogen) atoms. The van der Waals surface area contributed by atoms with Crippen molar-refractivity contribution in [1.29, 1.82) is 0 Å². The minimum Gasteiger partial charge on any atom is -0.493 e. The van der Waals surface area contributed by atoms with Gasteiger partial charge in [-0.15, -0.1) is 11.3 Å². The Hall–Kier alpha value is -3.32. The molecular formula is C25H23NO5S. The van der Waals surface area contributed by atoms with Crippen LogP contribution in [0, 0.1) is 0 Å². The van der Waals surface area contributed by atoms with E-state index in [0.29, 0.717) is 30.0 Å². The Morgan fingerprint density at radius 1 is 1.09 bits per heavy atom. The van der Waals surface area contributed by atoms with Crippen LogP contribution in [0.2, 0.25) is 0 Å². The van der Waals surface area contributed by atoms with Crippen LogP contribution in [0.4, 0.5) is 0 Å². The predicted molar refractivity (Wildman–Crippen MR) is 120 cm³/mol. The van der Waals surface area contributed by atoms with E-state index in [1.165, 1.54) is 0 Å². The highest BCUT2D eigenvalue weighted by molar-refractivity contribution is 7.10. The number of hydrogen-bond acceptors (Lipinski definition) is 6. The van der Waals surface area contributed by atoms with Gasteiger partial charge in [0.1, 0.15) is 6.10 Å². The number of rotatable bonds is 5. The van der Waals surface area contributed by atoms with E-state index in [4.69, 9.17) is 14.2 Å². The monoisotopic (exact) mass is 449 g/mol. The van der Waals surface area contributed by atoms with Gasteiger partial charge in [-0.05, 0) is 47.2 Å². The summed E-state index contributed by atoms with van der Waals surface area (Å²) in [5, 5.41) is 2.02. The number of ether oxygens (including phenoxy) is 3. The quantitative estimate of drug-likeness (QED) is 0.535. The van der Waals surface area contributed by atoms with E-state index < -0.39 is 6.10 Å². The maximum atomic E-state index is 13.5. The molecule has 0 N–H and O–H groups in total. The van der Waals surface area contributed by atoms with Crippen LogP contribution in [0.3, 0.4) is 0 Å². The molecule has 0 bridgehead atoms. The van der Waals surface area contributed by atoms with Crippen molar-refractivity contribution < 1.29 is 23.8 Å². The van der Waals surface area contributed by atoms with Crippen molar-refractivity contribution in [2.24, 2.45) is 0 Å². The maximum absolute atomic E-state index is 13.5. The fourth-order valence-corrected chi connectivity index (χ4v) is 5.47. The largest absolute Gasteiger partial charge is 0.493 e. The lowest BCUT2D eigenvalue weighted by Crippen LogP contribution is -2.40. The molecule has 0 unspecified atom stereocenters. The van der Waals surface area contributed by atoms with Crippen LogP contribution in [0.5, 0.6) is 11.5 Å². The molecule has 7 heteroatoms. The number of benzene rings is 2. The number of thiophene rings is 1. The molecular weight excluding hydrogens is 426 g/mol. The first-order valence-electron chi connectivity index (χ1n) is 10.5. The minimum absolute atomic E-state index is 0.0432. The molecule has 1 aromatic heterocycles. The number of methoxy groups -OCH3 is 2. The summed E-state index contributed by atoms with van der Waals surface area (Å²) in [6.45, 7) is 0.576. The van der Waals surface area contributed by atoms with Crippen molar-refractivity contribution in [3.8, 4) is 11.5 Å². The van der Waals surface area contributed by atoms with Crippen molar-refractivity contribution in [3.63, 3.8) is 0 Å². The molecule has 3 aromatic rings. The third kappa shape index (κ3) is 3.42. The van der Waals surface area contributed by atoms with Gasteiger partial charge in [-0.3, -0.25) is 4.79 Å². The van der Waals surface area contributed by atoms with Gasteiger partial charge >= 0.3 is 5.97 Å². The highest BCUT2D eigenvalue weighted by Gasteiger charge is 2.38. The predicted octanol–water partition coefficient (Wildman–Crippen LogP) is 4.54. The van der Waals surface area contributed by atoms with Crippen molar-refractivity contribution in [3.05, 3.63) is 81.0 Å². The average molecular weight is 450 g/mol. The van der Waals surface area contributed by atoms with Crippen LogP contribution >= 0.6 is 11.3 Å². The van der Waals surface area contributed by atoms with Gasteiger partial charge in [-0.1, -0.05) is 24.3 Å². The summed E-state index contributed by atoms with van der Waals surface area (Å²) in [7, 11) is 3.24. The van der Waals surface area contributed by atoms with Crippen molar-refractivity contribution in [2.45, 2.75) is 25.0 Å². The van der Waals surface area contributed by atoms with Gasteiger partial charge in [0.05, 0.1) is 32.2 Å². The first-order chi connectivity index (χ1) is 15.6. The zero-order valence-electron chi connectivity index (χ0n) is 17.9. The molecule has 0 saturated carbocycles. The minimum atomic E-state index is -0.554. The third-order valence-corrected chi connectivity index (χ3v) is 7.07. The van der Waals surface area contributed by atoms with Gasteiger partial charge < -0.3 is 19.1 Å². The van der Waals surface area contributed by atoms with Crippen molar-refractivity contribution >= 4 is 23.2 Å². The van der Waals surface area contributed by atoms with Crippen molar-refractivity contribution in [2.75, 3.05) is 20.8 Å². The van der Waals surface area contributed by atoms with E-state index in [2.05, 4.69) is 0 Å². The van der Waals surface area contributed by atoms with E-state index in [-0.39, 0.29) is 24.3 Å². The first kappa shape index (κ1) is 20.6. The number of amides is 1. The zero-order chi connectivity index (χ0) is 22.2. The number of nitrogens with zero attached hydrogens (tertiary/aromatic N) is 1. The van der Waals surface area contributed by atoms with E-state index >= 15 is 0 Å². The molecule has 2 aliphatic heterocycles. The summed E-state index contributed by atoms with van der Waals surface area (Å²) >= 11 is 1.62. The summed E-state index contributed by atoms with van der Waals surface area (Å²) < 4.78 is 16.6. The Labute approximate surface area is 190 Å². The zero-order valence-corrected chi connectivity index (χ0v) is 18.7. The van der Waals surface area contributed by atoms with E-state index in [0.717, 1.165) is 21.6 Å². The topological polar surface area (TPSA) is 65.1 Å². The third-order valence-electron chi connectivity index (χ3n) is 6.14. The Kier molecular flexibility index (Phi) is 5.35. The SMILES string of the molecule is COc1cc2c(cc1OC)[C@H](c1cccs1)N(C(=O)C[C@H]1OC(=O)c3ccccc31)CC2. The molecule has 2 atom stereocenters. The smallest absolute Gasteiger partial charge is 0.339 e. The van der Waals surface area contributed by atoms with Gasteiger partial charge in [0.25, 0.3) is 0 Å². The number of esters is 1. The second-order valence-corrected chi connectivity index (χ2v) is 8.83. The fourth-order valence-electron chi connectivity index (χ4n) is 4.62. The summed E-state index contributed by atoms with van der Waals surface area (Å²) in [6, 6.07) is 15.1. The first-order valence-corrected chi connectivity index (χ1v) is 11.4. The molecule has 0 fully saturated rings. The highest BCUT2D eigenvalue weighted by Crippen LogP contribution is 2.43. The van der Waals surface area contributed by atoms with Crippen LogP contribution in [0.15, 0.2) is 53.9 Å². The van der Waals surface area contributed by atoms with Crippen LogP contribution in [0.25, 0.3) is 0 Å². The average Bonchev–Trinajstić information content (AvgIpc) is 3.46. The normalized spacial score (nSPS) is 19.2. The molecule has 0 spiro atoms. The molecule has 6 nitrogen and oxygen atoms in total. The standard InChI is InChI=1S/C25H23NO5S/c1-29-20-12-15-9-10-26(24(22-8-5-11-32-22)18(15)13-21(20)30-2)23(27)14-19-16-6-3-4-7-17(16)25(28)31-19/h3-8,11-13,19,24H,9-10,14H2,1-2H3/t19-,24-/m1/s1. The Bertz CT molecular complexity index is 1170. The highest BCUT2D eigenvalue weighted by atomic mass is 32.1. The van der Waals surface area contributed by atoms with E-state index in [1.54, 1.807) is 37.7 Å². The summed E-state index contributed by atoms with van der Waals surface area (Å²) in [5.74, 6) is 0.915. The summed E-state index contributed by atoms with van der Waals surface area (Å²) in [5.41, 5.74) is 3.50. The molecule has 0 aliphatic carbocycles. The second-order valence-electron chi connectivity index (χ2n) is 7.85. The Balaban J connectivity index is 1.49. The van der Waals surface area contributed by atoms with Crippen LogP contribution in [-0.4, -0.2) is 37.5 Å². The number of cyclic esters (lactones) is 1. The molecule has 5 rings (SSSR count). The fraction of sp³-hybridized carbons (Fsp3) is 0.280. The van der Waals surface area contributed by atoms with E-state index in [1.807, 2.05) is 46.7 Å². The number of hydrogen-bond donors (Lipinski definition) is 0. The van der Waals surface area contributed by atoms with Crippen LogP contribution in [-0.2, 0) is 16.0 Å².